The molecular weight excluding hydrogens is 296 g/mol. The zero-order chi connectivity index (χ0) is 15.6. The van der Waals surface area contributed by atoms with Gasteiger partial charge in [0.15, 0.2) is 0 Å². The molecule has 0 saturated heterocycles. The zero-order valence-electron chi connectivity index (χ0n) is 11.0. The second-order valence-electron chi connectivity index (χ2n) is 4.32. The first-order valence-electron chi connectivity index (χ1n) is 5.94. The van der Waals surface area contributed by atoms with Crippen LogP contribution >= 0.6 is 11.6 Å². The molecule has 0 bridgehead atoms. The van der Waals surface area contributed by atoms with Gasteiger partial charge in [-0.25, -0.2) is 0 Å². The minimum atomic E-state index is -0.717. The topological polar surface area (TPSA) is 92.5 Å². The summed E-state index contributed by atoms with van der Waals surface area (Å²) in [5.41, 5.74) is 0.111. The number of aryl methyl sites for hydroxylation is 1. The number of carbonyl (C=O) groups excluding carboxylic acids is 1. The number of aromatic hydroxyl groups is 1. The van der Waals surface area contributed by atoms with Crippen molar-refractivity contribution in [1.29, 1.82) is 0 Å². The van der Waals surface area contributed by atoms with Crippen molar-refractivity contribution in [2.24, 2.45) is 0 Å². The van der Waals surface area contributed by atoms with Crippen LogP contribution in [0.15, 0.2) is 36.4 Å². The highest BCUT2D eigenvalue weighted by molar-refractivity contribution is 6.33. The molecule has 2 rings (SSSR count). The number of rotatable bonds is 3. The predicted octanol–water partition coefficient (Wildman–Crippen LogP) is 3.51. The number of nitrogens with one attached hydrogen (secondary N) is 1. The maximum absolute atomic E-state index is 12.2. The first-order valence-corrected chi connectivity index (χ1v) is 6.32. The van der Waals surface area contributed by atoms with Gasteiger partial charge in [0.1, 0.15) is 16.3 Å². The number of nitrogens with zero attached hydrogens (tertiary/aromatic N) is 1. The second kappa shape index (κ2) is 5.80. The SMILES string of the molecule is Cc1cccc(NC(=O)c2cccc(Cl)c2[N+](=O)[O-])c1O. The normalized spacial score (nSPS) is 10.2. The van der Waals surface area contributed by atoms with Crippen LogP contribution in [0.25, 0.3) is 0 Å². The standard InChI is InChI=1S/C14H11ClN2O4/c1-8-4-2-7-11(13(8)18)16-14(19)9-5-3-6-10(15)12(9)17(20)21/h2-7,18H,1H3,(H,16,19). The van der Waals surface area contributed by atoms with Gasteiger partial charge in [-0.15, -0.1) is 0 Å². The van der Waals surface area contributed by atoms with E-state index in [9.17, 15) is 20.0 Å². The number of phenolic OH excluding ortho intramolecular Hbond substituents is 1. The van der Waals surface area contributed by atoms with Crippen LogP contribution in [0.2, 0.25) is 5.02 Å². The molecule has 0 aromatic heterocycles. The summed E-state index contributed by atoms with van der Waals surface area (Å²) in [5.74, 6) is -0.805. The highest BCUT2D eigenvalue weighted by Crippen LogP contribution is 2.31. The second-order valence-corrected chi connectivity index (χ2v) is 4.73. The lowest BCUT2D eigenvalue weighted by Crippen LogP contribution is -2.14. The number of hydrogen-bond acceptors (Lipinski definition) is 4. The summed E-state index contributed by atoms with van der Waals surface area (Å²) >= 11 is 5.76. The number of para-hydroxylation sites is 2. The van der Waals surface area contributed by atoms with E-state index >= 15 is 0 Å². The Morgan fingerprint density at radius 2 is 1.95 bits per heavy atom. The highest BCUT2D eigenvalue weighted by atomic mass is 35.5. The molecule has 2 N–H and O–H groups in total. The van der Waals surface area contributed by atoms with Crippen molar-refractivity contribution in [2.75, 3.05) is 5.32 Å². The van der Waals surface area contributed by atoms with Crippen molar-refractivity contribution in [3.05, 3.63) is 62.7 Å². The lowest BCUT2D eigenvalue weighted by molar-refractivity contribution is -0.385. The average molecular weight is 307 g/mol. The Bertz CT molecular complexity index is 731. The van der Waals surface area contributed by atoms with Crippen LogP contribution in [0, 0.1) is 17.0 Å². The fraction of sp³-hybridized carbons (Fsp3) is 0.0714. The molecule has 0 spiro atoms. The predicted molar refractivity (Wildman–Crippen MR) is 78.9 cm³/mol. The van der Waals surface area contributed by atoms with Crippen LogP contribution in [-0.4, -0.2) is 15.9 Å². The third kappa shape index (κ3) is 2.95. The minimum absolute atomic E-state index is 0.0875. The number of nitro benzene ring substituents is 1. The molecule has 1 amide bonds. The Morgan fingerprint density at radius 1 is 1.29 bits per heavy atom. The summed E-state index contributed by atoms with van der Waals surface area (Å²) in [4.78, 5) is 22.5. The van der Waals surface area contributed by atoms with Crippen molar-refractivity contribution >= 4 is 28.9 Å². The van der Waals surface area contributed by atoms with Gasteiger partial charge in [0.2, 0.25) is 0 Å². The van der Waals surface area contributed by atoms with Gasteiger partial charge in [-0.3, -0.25) is 14.9 Å². The third-order valence-electron chi connectivity index (χ3n) is 2.90. The van der Waals surface area contributed by atoms with Crippen molar-refractivity contribution in [3.8, 4) is 5.75 Å². The Morgan fingerprint density at radius 3 is 2.62 bits per heavy atom. The molecule has 6 nitrogen and oxygen atoms in total. The molecule has 0 fully saturated rings. The van der Waals surface area contributed by atoms with Crippen LogP contribution < -0.4 is 5.32 Å². The van der Waals surface area contributed by atoms with E-state index in [2.05, 4.69) is 5.32 Å². The summed E-state index contributed by atoms with van der Waals surface area (Å²) in [6.07, 6.45) is 0. The minimum Gasteiger partial charge on any atom is -0.505 e. The number of benzene rings is 2. The maximum Gasteiger partial charge on any atom is 0.300 e. The highest BCUT2D eigenvalue weighted by Gasteiger charge is 2.24. The molecule has 21 heavy (non-hydrogen) atoms. The molecular formula is C14H11ClN2O4. The summed E-state index contributed by atoms with van der Waals surface area (Å²) in [5, 5.41) is 23.2. The monoisotopic (exact) mass is 306 g/mol. The molecule has 0 aliphatic heterocycles. The first-order chi connectivity index (χ1) is 9.91. The van der Waals surface area contributed by atoms with Gasteiger partial charge in [0.25, 0.3) is 5.91 Å². The maximum atomic E-state index is 12.2. The van der Waals surface area contributed by atoms with Gasteiger partial charge in [0.05, 0.1) is 10.6 Å². The molecule has 0 aliphatic rings. The molecule has 108 valence electrons. The quantitative estimate of drug-likeness (QED) is 0.515. The van der Waals surface area contributed by atoms with E-state index in [1.807, 2.05) is 0 Å². The molecule has 0 saturated carbocycles. The van der Waals surface area contributed by atoms with E-state index < -0.39 is 16.5 Å². The van der Waals surface area contributed by atoms with E-state index in [-0.39, 0.29) is 22.0 Å². The lowest BCUT2D eigenvalue weighted by atomic mass is 10.1. The van der Waals surface area contributed by atoms with Crippen LogP contribution in [0.1, 0.15) is 15.9 Å². The summed E-state index contributed by atoms with van der Waals surface area (Å²) in [6.45, 7) is 1.67. The van der Waals surface area contributed by atoms with E-state index in [1.54, 1.807) is 19.1 Å². The van der Waals surface area contributed by atoms with Crippen LogP contribution in [0.4, 0.5) is 11.4 Å². The largest absolute Gasteiger partial charge is 0.505 e. The Hall–Kier alpha value is -2.60. The van der Waals surface area contributed by atoms with Gasteiger partial charge in [-0.05, 0) is 30.7 Å². The molecule has 0 atom stereocenters. The zero-order valence-corrected chi connectivity index (χ0v) is 11.7. The smallest absolute Gasteiger partial charge is 0.300 e. The molecule has 0 radical (unpaired) electrons. The number of amides is 1. The summed E-state index contributed by atoms with van der Waals surface area (Å²) in [6, 6.07) is 8.90. The first kappa shape index (κ1) is 14.8. The van der Waals surface area contributed by atoms with Crippen LogP contribution in [-0.2, 0) is 0 Å². The molecule has 2 aromatic rings. The molecule has 0 aliphatic carbocycles. The van der Waals surface area contributed by atoms with Gasteiger partial charge in [-0.1, -0.05) is 29.8 Å². The van der Waals surface area contributed by atoms with E-state index in [1.165, 1.54) is 24.3 Å². The van der Waals surface area contributed by atoms with Crippen LogP contribution in [0.5, 0.6) is 5.75 Å². The van der Waals surface area contributed by atoms with Gasteiger partial charge >= 0.3 is 5.69 Å². The molecule has 0 unspecified atom stereocenters. The Kier molecular flexibility index (Phi) is 4.09. The number of hydrogen-bond donors (Lipinski definition) is 2. The van der Waals surface area contributed by atoms with Gasteiger partial charge in [-0.2, -0.15) is 0 Å². The number of nitro groups is 1. The Balaban J connectivity index is 2.40. The van der Waals surface area contributed by atoms with E-state index in [4.69, 9.17) is 11.6 Å². The van der Waals surface area contributed by atoms with E-state index in [0.717, 1.165) is 0 Å². The van der Waals surface area contributed by atoms with Gasteiger partial charge in [0, 0.05) is 0 Å². The fourth-order valence-electron chi connectivity index (χ4n) is 1.83. The number of phenols is 1. The fourth-order valence-corrected chi connectivity index (χ4v) is 2.08. The van der Waals surface area contributed by atoms with Gasteiger partial charge < -0.3 is 10.4 Å². The number of halogens is 1. The van der Waals surface area contributed by atoms with Crippen LogP contribution in [0.3, 0.4) is 0 Å². The summed E-state index contributed by atoms with van der Waals surface area (Å²) < 4.78 is 0. The number of anilines is 1. The molecule has 7 heteroatoms. The third-order valence-corrected chi connectivity index (χ3v) is 3.20. The molecule has 2 aromatic carbocycles. The molecule has 0 heterocycles. The number of carbonyl (C=O) groups is 1. The van der Waals surface area contributed by atoms with Crippen molar-refractivity contribution in [1.82, 2.24) is 0 Å². The van der Waals surface area contributed by atoms with E-state index in [0.29, 0.717) is 5.56 Å². The lowest BCUT2D eigenvalue weighted by Gasteiger charge is -2.09. The van der Waals surface area contributed by atoms with Crippen molar-refractivity contribution in [3.63, 3.8) is 0 Å². The summed E-state index contributed by atoms with van der Waals surface area (Å²) in [7, 11) is 0. The Labute approximate surface area is 125 Å². The van der Waals surface area contributed by atoms with Crippen molar-refractivity contribution < 1.29 is 14.8 Å². The average Bonchev–Trinajstić information content (AvgIpc) is 2.43. The van der Waals surface area contributed by atoms with Crippen molar-refractivity contribution in [2.45, 2.75) is 6.92 Å².